The van der Waals surface area contributed by atoms with E-state index in [2.05, 4.69) is 27.0 Å². The van der Waals surface area contributed by atoms with E-state index >= 15 is 0 Å². The first-order valence-corrected chi connectivity index (χ1v) is 13.9. The number of hydrogen-bond donors (Lipinski definition) is 5. The van der Waals surface area contributed by atoms with E-state index in [-0.39, 0.29) is 22.5 Å². The number of hydrogen-bond acceptors (Lipinski definition) is 7. The third-order valence-electron chi connectivity index (χ3n) is 6.71. The van der Waals surface area contributed by atoms with Crippen LogP contribution in [0.1, 0.15) is 55.8 Å². The first-order valence-electron chi connectivity index (χ1n) is 13.0. The van der Waals surface area contributed by atoms with Crippen molar-refractivity contribution < 1.29 is 19.5 Å². The topological polar surface area (TPSA) is 146 Å². The molecule has 0 spiro atoms. The van der Waals surface area contributed by atoms with Crippen molar-refractivity contribution in [1.82, 2.24) is 10.3 Å². The molecule has 1 aliphatic heterocycles. The third kappa shape index (κ3) is 5.45. The minimum atomic E-state index is -1.30. The first kappa shape index (κ1) is 27.0. The molecule has 0 saturated heterocycles. The molecular weight excluding hydrogens is 526 g/mol. The van der Waals surface area contributed by atoms with E-state index < -0.39 is 17.8 Å². The average molecular weight is 556 g/mol. The highest BCUT2D eigenvalue weighted by Crippen LogP contribution is 2.42. The lowest BCUT2D eigenvalue weighted by molar-refractivity contribution is 0.0691. The lowest BCUT2D eigenvalue weighted by atomic mass is 9.93. The van der Waals surface area contributed by atoms with Crippen LogP contribution < -0.4 is 21.7 Å². The Balaban J connectivity index is 1.65. The molecule has 2 amide bonds. The minimum absolute atomic E-state index is 0.00305. The van der Waals surface area contributed by atoms with E-state index in [1.165, 1.54) is 11.6 Å². The maximum Gasteiger partial charge on any atom is 0.355 e. The molecule has 1 aliphatic rings. The molecule has 0 fully saturated rings. The third-order valence-corrected chi connectivity index (χ3v) is 7.70. The van der Waals surface area contributed by atoms with E-state index in [0.29, 0.717) is 30.9 Å². The number of rotatable bonds is 8. The summed E-state index contributed by atoms with van der Waals surface area (Å²) in [5.74, 6) is -2.15. The number of carboxylic acid groups (broad SMARTS) is 1. The Kier molecular flexibility index (Phi) is 7.90. The maximum atomic E-state index is 13.8. The Morgan fingerprint density at radius 1 is 1.02 bits per heavy atom. The van der Waals surface area contributed by atoms with Crippen LogP contribution in [0.2, 0.25) is 0 Å². The van der Waals surface area contributed by atoms with Crippen molar-refractivity contribution in [2.45, 2.75) is 26.3 Å². The number of aromatic carboxylic acids is 1. The molecular formula is C30H29N5O4S. The van der Waals surface area contributed by atoms with Crippen LogP contribution in [0.3, 0.4) is 0 Å². The van der Waals surface area contributed by atoms with Gasteiger partial charge in [-0.05, 0) is 77.4 Å². The van der Waals surface area contributed by atoms with Crippen LogP contribution in [0, 0.1) is 0 Å². The van der Waals surface area contributed by atoms with Crippen molar-refractivity contribution in [1.29, 1.82) is 0 Å². The van der Waals surface area contributed by atoms with E-state index in [9.17, 15) is 19.5 Å². The maximum absolute atomic E-state index is 13.8. The molecule has 0 radical (unpaired) electrons. The number of carbonyl (C=O) groups excluding carboxylic acids is 2. The van der Waals surface area contributed by atoms with Crippen molar-refractivity contribution in [2.24, 2.45) is 5.73 Å². The number of amides is 2. The first-order chi connectivity index (χ1) is 19.4. The molecule has 204 valence electrons. The fraction of sp³-hybridized carbons (Fsp3) is 0.200. The SMILES string of the molecule is CCCNC(=O)c1ccc(-c2cc3c(cc2C(=O)Nc2ccc(CN)cc2)-c2sccc2CCN3)c(C(=O)O)n1. The molecule has 4 aromatic rings. The smallest absolute Gasteiger partial charge is 0.355 e. The van der Waals surface area contributed by atoms with Gasteiger partial charge in [-0.2, -0.15) is 0 Å². The lowest BCUT2D eigenvalue weighted by Crippen LogP contribution is -2.25. The van der Waals surface area contributed by atoms with Gasteiger partial charge in [-0.3, -0.25) is 9.59 Å². The standard InChI is InChI=1S/C30H29N5O4S/c1-2-11-33-29(37)24-8-7-20(26(35-24)30(38)39)21-15-25-23(27-18(9-12-32-25)10-13-40-27)14-22(21)28(36)34-19-5-3-17(16-31)4-6-19/h3-8,10,13-15,32H,2,9,11-12,16,31H2,1H3,(H,33,37)(H,34,36)(H,38,39). The van der Waals surface area contributed by atoms with Gasteiger partial charge in [0.25, 0.3) is 11.8 Å². The van der Waals surface area contributed by atoms with Crippen molar-refractivity contribution in [2.75, 3.05) is 23.7 Å². The Hall–Kier alpha value is -4.54. The number of fused-ring (bicyclic) bond motifs is 3. The normalized spacial score (nSPS) is 11.9. The molecule has 2 aromatic heterocycles. The molecule has 0 aliphatic carbocycles. The summed E-state index contributed by atoms with van der Waals surface area (Å²) in [7, 11) is 0. The molecule has 3 heterocycles. The molecule has 9 nitrogen and oxygen atoms in total. The molecule has 0 saturated carbocycles. The van der Waals surface area contributed by atoms with Gasteiger partial charge in [0.2, 0.25) is 0 Å². The lowest BCUT2D eigenvalue weighted by Gasteiger charge is -2.17. The van der Waals surface area contributed by atoms with Gasteiger partial charge in [0.1, 0.15) is 5.69 Å². The average Bonchev–Trinajstić information content (AvgIpc) is 3.37. The summed E-state index contributed by atoms with van der Waals surface area (Å²) in [5, 5.41) is 21.2. The second-order valence-electron chi connectivity index (χ2n) is 9.40. The summed E-state index contributed by atoms with van der Waals surface area (Å²) in [4.78, 5) is 43.9. The highest BCUT2D eigenvalue weighted by Gasteiger charge is 2.26. The second-order valence-corrected chi connectivity index (χ2v) is 10.3. The number of anilines is 2. The predicted octanol–water partition coefficient (Wildman–Crippen LogP) is 4.99. The van der Waals surface area contributed by atoms with Gasteiger partial charge in [0.15, 0.2) is 5.69 Å². The highest BCUT2D eigenvalue weighted by molar-refractivity contribution is 7.13. The summed E-state index contributed by atoms with van der Waals surface area (Å²) < 4.78 is 0. The van der Waals surface area contributed by atoms with Crippen LogP contribution >= 0.6 is 11.3 Å². The van der Waals surface area contributed by atoms with Gasteiger partial charge in [-0.25, -0.2) is 9.78 Å². The molecule has 10 heteroatoms. The van der Waals surface area contributed by atoms with E-state index in [0.717, 1.165) is 34.5 Å². The summed E-state index contributed by atoms with van der Waals surface area (Å²) >= 11 is 1.60. The zero-order valence-electron chi connectivity index (χ0n) is 21.9. The van der Waals surface area contributed by atoms with E-state index in [1.807, 2.05) is 24.4 Å². The van der Waals surface area contributed by atoms with Crippen LogP contribution in [0.5, 0.6) is 0 Å². The number of carbonyl (C=O) groups is 3. The predicted molar refractivity (Wildman–Crippen MR) is 157 cm³/mol. The summed E-state index contributed by atoms with van der Waals surface area (Å²) in [6, 6.07) is 15.9. The Bertz CT molecular complexity index is 1600. The van der Waals surface area contributed by atoms with Crippen molar-refractivity contribution in [3.05, 3.63) is 88.1 Å². The van der Waals surface area contributed by atoms with Gasteiger partial charge >= 0.3 is 5.97 Å². The number of nitrogens with two attached hydrogens (primary N) is 1. The fourth-order valence-corrected chi connectivity index (χ4v) is 5.65. The highest BCUT2D eigenvalue weighted by atomic mass is 32.1. The number of carboxylic acids is 1. The van der Waals surface area contributed by atoms with Gasteiger partial charge in [-0.1, -0.05) is 19.1 Å². The molecule has 0 bridgehead atoms. The zero-order valence-corrected chi connectivity index (χ0v) is 22.7. The molecule has 0 atom stereocenters. The number of nitrogens with one attached hydrogen (secondary N) is 3. The minimum Gasteiger partial charge on any atom is -0.476 e. The van der Waals surface area contributed by atoms with Crippen LogP contribution in [0.4, 0.5) is 11.4 Å². The van der Waals surface area contributed by atoms with Gasteiger partial charge < -0.3 is 26.8 Å². The second kappa shape index (κ2) is 11.7. The molecule has 2 aromatic carbocycles. The number of nitrogens with zero attached hydrogens (tertiary/aromatic N) is 1. The number of thiophene rings is 1. The molecule has 40 heavy (non-hydrogen) atoms. The molecule has 5 rings (SSSR count). The van der Waals surface area contributed by atoms with Crippen LogP contribution in [-0.2, 0) is 13.0 Å². The summed E-state index contributed by atoms with van der Waals surface area (Å²) in [5.41, 5.74) is 10.7. The number of aromatic nitrogens is 1. The van der Waals surface area contributed by atoms with Crippen molar-refractivity contribution in [3.63, 3.8) is 0 Å². The van der Waals surface area contributed by atoms with E-state index in [4.69, 9.17) is 5.73 Å². The quantitative estimate of drug-likeness (QED) is 0.206. The number of pyridine rings is 1. The van der Waals surface area contributed by atoms with E-state index in [1.54, 1.807) is 41.7 Å². The van der Waals surface area contributed by atoms with Gasteiger partial charge in [0.05, 0.1) is 0 Å². The van der Waals surface area contributed by atoms with Crippen LogP contribution in [0.25, 0.3) is 21.6 Å². The monoisotopic (exact) mass is 555 g/mol. The molecule has 0 unspecified atom stereocenters. The molecule has 6 N–H and O–H groups in total. The number of benzene rings is 2. The van der Waals surface area contributed by atoms with Crippen molar-refractivity contribution in [3.8, 4) is 21.6 Å². The van der Waals surface area contributed by atoms with Crippen LogP contribution in [0.15, 0.2) is 60.0 Å². The Morgan fingerprint density at radius 3 is 2.55 bits per heavy atom. The van der Waals surface area contributed by atoms with Crippen molar-refractivity contribution >= 4 is 40.5 Å². The fourth-order valence-electron chi connectivity index (χ4n) is 4.66. The van der Waals surface area contributed by atoms with Gasteiger partial charge in [0, 0.05) is 52.6 Å². The zero-order chi connectivity index (χ0) is 28.2. The Morgan fingerprint density at radius 2 is 1.82 bits per heavy atom. The van der Waals surface area contributed by atoms with Gasteiger partial charge in [-0.15, -0.1) is 11.3 Å². The van der Waals surface area contributed by atoms with Crippen LogP contribution in [-0.4, -0.2) is 41.0 Å². The summed E-state index contributed by atoms with van der Waals surface area (Å²) in [6.45, 7) is 3.44. The Labute approximate surface area is 235 Å². The summed E-state index contributed by atoms with van der Waals surface area (Å²) in [6.07, 6.45) is 1.55. The largest absolute Gasteiger partial charge is 0.476 e.